The van der Waals surface area contributed by atoms with Crippen LogP contribution in [0.4, 0.5) is 5.69 Å². The quantitative estimate of drug-likeness (QED) is 0.737. The molecule has 0 saturated carbocycles. The normalized spacial score (nSPS) is 18.4. The molecule has 4 rings (SSSR count). The number of aryl methyl sites for hydroxylation is 1. The van der Waals surface area contributed by atoms with Crippen LogP contribution in [0.2, 0.25) is 0 Å². The van der Waals surface area contributed by atoms with E-state index in [1.165, 1.54) is 28.3 Å². The van der Waals surface area contributed by atoms with E-state index in [1.807, 2.05) is 18.2 Å². The summed E-state index contributed by atoms with van der Waals surface area (Å²) in [4.78, 5) is 14.3. The lowest BCUT2D eigenvalue weighted by atomic mass is 10.0. The molecule has 3 heterocycles. The second kappa shape index (κ2) is 8.20. The lowest BCUT2D eigenvalue weighted by molar-refractivity contribution is -0.919. The maximum Gasteiger partial charge on any atom is 0.251 e. The average Bonchev–Trinajstić information content (AvgIpc) is 3.41. The summed E-state index contributed by atoms with van der Waals surface area (Å²) >= 11 is 0. The summed E-state index contributed by atoms with van der Waals surface area (Å²) in [5, 5.41) is 3.06. The Morgan fingerprint density at radius 1 is 1.24 bits per heavy atom. The summed E-state index contributed by atoms with van der Waals surface area (Å²) in [7, 11) is -3.31. The number of carbonyl (C=O) groups excluding carboxylic acids is 1. The fraction of sp³-hybridized carbons (Fsp3) is 0.476. The molecule has 0 radical (unpaired) electrons. The first-order chi connectivity index (χ1) is 13.9. The molecule has 1 saturated heterocycles. The van der Waals surface area contributed by atoms with Gasteiger partial charge >= 0.3 is 0 Å². The number of hydrogen-bond acceptors (Lipinski definition) is 4. The van der Waals surface area contributed by atoms with Crippen molar-refractivity contribution in [3.05, 3.63) is 53.5 Å². The molecular weight excluding hydrogens is 390 g/mol. The minimum atomic E-state index is -3.31. The summed E-state index contributed by atoms with van der Waals surface area (Å²) in [6.07, 6.45) is 6.82. The van der Waals surface area contributed by atoms with Crippen molar-refractivity contribution in [1.29, 1.82) is 0 Å². The number of furan rings is 1. The van der Waals surface area contributed by atoms with Gasteiger partial charge in [0.1, 0.15) is 0 Å². The molecule has 7 nitrogen and oxygen atoms in total. The minimum absolute atomic E-state index is 0.106. The Morgan fingerprint density at radius 3 is 2.72 bits per heavy atom. The summed E-state index contributed by atoms with van der Waals surface area (Å²) in [5.41, 5.74) is 2.15. The van der Waals surface area contributed by atoms with Crippen molar-refractivity contribution >= 4 is 21.6 Å². The third-order valence-electron chi connectivity index (χ3n) is 5.91. The van der Waals surface area contributed by atoms with Gasteiger partial charge in [0.2, 0.25) is 10.0 Å². The van der Waals surface area contributed by atoms with Crippen molar-refractivity contribution in [3.63, 3.8) is 0 Å². The van der Waals surface area contributed by atoms with E-state index in [0.717, 1.165) is 37.3 Å². The molecule has 2 aliphatic rings. The van der Waals surface area contributed by atoms with Gasteiger partial charge in [-0.3, -0.25) is 9.10 Å². The lowest BCUT2D eigenvalue weighted by Gasteiger charge is -2.29. The van der Waals surface area contributed by atoms with Crippen LogP contribution in [0.15, 0.2) is 41.0 Å². The number of hydrogen-bond donors (Lipinski definition) is 2. The van der Waals surface area contributed by atoms with Crippen molar-refractivity contribution in [2.24, 2.45) is 0 Å². The SMILES string of the molecule is CS(=O)(=O)N1CCCc2cc(C(=O)NC[C@H](c3ccco3)[NH+]3CCCC3)ccc21. The number of rotatable bonds is 6. The Morgan fingerprint density at radius 2 is 2.03 bits per heavy atom. The number of amides is 1. The Bertz CT molecular complexity index is 966. The van der Waals surface area contributed by atoms with Crippen LogP contribution in [0.25, 0.3) is 0 Å². The lowest BCUT2D eigenvalue weighted by Crippen LogP contribution is -3.11. The smallest absolute Gasteiger partial charge is 0.251 e. The Labute approximate surface area is 171 Å². The molecule has 1 aromatic carbocycles. The van der Waals surface area contributed by atoms with E-state index in [-0.39, 0.29) is 11.9 Å². The molecule has 0 bridgehead atoms. The largest absolute Gasteiger partial charge is 0.463 e. The third kappa shape index (κ3) is 4.33. The first kappa shape index (κ1) is 20.0. The highest BCUT2D eigenvalue weighted by atomic mass is 32.2. The van der Waals surface area contributed by atoms with Crippen LogP contribution in [0.1, 0.15) is 47.0 Å². The van der Waals surface area contributed by atoms with Gasteiger partial charge in [-0.2, -0.15) is 0 Å². The standard InChI is InChI=1S/C21H27N3O4S/c1-29(26,27)24-12-4-6-16-14-17(8-9-18(16)24)21(25)22-15-19(20-7-5-13-28-20)23-10-2-3-11-23/h5,7-9,13-14,19H,2-4,6,10-12,15H2,1H3,(H,22,25)/p+1/t19-/m1/s1. The van der Waals surface area contributed by atoms with Gasteiger partial charge < -0.3 is 14.6 Å². The molecule has 1 fully saturated rings. The van der Waals surface area contributed by atoms with E-state index in [4.69, 9.17) is 4.42 Å². The number of quaternary nitrogens is 1. The molecule has 2 aliphatic heterocycles. The Balaban J connectivity index is 1.48. The van der Waals surface area contributed by atoms with Gasteiger partial charge in [0.05, 0.1) is 37.8 Å². The molecule has 2 N–H and O–H groups in total. The van der Waals surface area contributed by atoms with Crippen molar-refractivity contribution in [3.8, 4) is 0 Å². The van der Waals surface area contributed by atoms with Crippen molar-refractivity contribution in [2.45, 2.75) is 31.7 Å². The molecule has 29 heavy (non-hydrogen) atoms. The second-order valence-electron chi connectivity index (χ2n) is 7.93. The molecule has 0 spiro atoms. The second-order valence-corrected chi connectivity index (χ2v) is 9.83. The maximum atomic E-state index is 12.8. The van der Waals surface area contributed by atoms with E-state index >= 15 is 0 Å². The highest BCUT2D eigenvalue weighted by Gasteiger charge is 2.30. The van der Waals surface area contributed by atoms with Crippen LogP contribution in [-0.2, 0) is 16.4 Å². The number of nitrogens with zero attached hydrogens (tertiary/aromatic N) is 1. The van der Waals surface area contributed by atoms with Gasteiger partial charge in [0.25, 0.3) is 5.91 Å². The van der Waals surface area contributed by atoms with Crippen LogP contribution in [0.5, 0.6) is 0 Å². The molecule has 156 valence electrons. The van der Waals surface area contributed by atoms with Gasteiger partial charge in [0, 0.05) is 24.9 Å². The molecule has 0 aliphatic carbocycles. The summed E-state index contributed by atoms with van der Waals surface area (Å²) in [6, 6.07) is 9.25. The summed E-state index contributed by atoms with van der Waals surface area (Å²) < 4.78 is 31.1. The average molecular weight is 419 g/mol. The molecule has 2 aromatic rings. The van der Waals surface area contributed by atoms with E-state index in [1.54, 1.807) is 18.4 Å². The fourth-order valence-electron chi connectivity index (χ4n) is 4.46. The monoisotopic (exact) mass is 418 g/mol. The first-order valence-corrected chi connectivity index (χ1v) is 12.0. The highest BCUT2D eigenvalue weighted by Crippen LogP contribution is 2.29. The van der Waals surface area contributed by atoms with Gasteiger partial charge in [-0.1, -0.05) is 0 Å². The third-order valence-corrected chi connectivity index (χ3v) is 7.09. The molecular formula is C21H28N3O4S+. The van der Waals surface area contributed by atoms with E-state index in [2.05, 4.69) is 5.32 Å². The van der Waals surface area contributed by atoms with Gasteiger partial charge in [-0.15, -0.1) is 0 Å². The van der Waals surface area contributed by atoms with Crippen LogP contribution in [0.3, 0.4) is 0 Å². The first-order valence-electron chi connectivity index (χ1n) is 10.2. The van der Waals surface area contributed by atoms with Crippen molar-refractivity contribution < 1.29 is 22.5 Å². The maximum absolute atomic E-state index is 12.8. The molecule has 0 unspecified atom stereocenters. The zero-order valence-corrected chi connectivity index (χ0v) is 17.5. The minimum Gasteiger partial charge on any atom is -0.463 e. The van der Waals surface area contributed by atoms with E-state index in [0.29, 0.717) is 24.3 Å². The molecule has 8 heteroatoms. The fourth-order valence-corrected chi connectivity index (χ4v) is 5.45. The summed E-state index contributed by atoms with van der Waals surface area (Å²) in [6.45, 7) is 3.16. The van der Waals surface area contributed by atoms with Gasteiger partial charge in [-0.05, 0) is 48.7 Å². The Kier molecular flexibility index (Phi) is 5.65. The van der Waals surface area contributed by atoms with E-state index < -0.39 is 10.0 Å². The number of carbonyl (C=O) groups is 1. The van der Waals surface area contributed by atoms with Gasteiger partial charge in [-0.25, -0.2) is 8.42 Å². The van der Waals surface area contributed by atoms with Crippen LogP contribution in [0, 0.1) is 0 Å². The number of nitrogens with one attached hydrogen (secondary N) is 2. The Hall–Kier alpha value is -2.32. The molecule has 1 aromatic heterocycles. The van der Waals surface area contributed by atoms with E-state index in [9.17, 15) is 13.2 Å². The van der Waals surface area contributed by atoms with Crippen LogP contribution >= 0.6 is 0 Å². The summed E-state index contributed by atoms with van der Waals surface area (Å²) in [5.74, 6) is 0.760. The molecule has 1 amide bonds. The van der Waals surface area contributed by atoms with Crippen molar-refractivity contribution in [1.82, 2.24) is 5.32 Å². The number of benzene rings is 1. The van der Waals surface area contributed by atoms with Gasteiger partial charge in [0.15, 0.2) is 11.8 Å². The zero-order valence-electron chi connectivity index (χ0n) is 16.7. The van der Waals surface area contributed by atoms with Crippen LogP contribution < -0.4 is 14.5 Å². The predicted molar refractivity (Wildman–Crippen MR) is 111 cm³/mol. The number of fused-ring (bicyclic) bond motifs is 1. The highest BCUT2D eigenvalue weighted by molar-refractivity contribution is 7.92. The predicted octanol–water partition coefficient (Wildman–Crippen LogP) is 1.14. The van der Waals surface area contributed by atoms with Crippen LogP contribution in [-0.4, -0.2) is 46.8 Å². The number of anilines is 1. The number of likely N-dealkylation sites (tertiary alicyclic amines) is 1. The number of sulfonamides is 1. The topological polar surface area (TPSA) is 84.1 Å². The zero-order chi connectivity index (χ0) is 20.4. The van der Waals surface area contributed by atoms with Crippen molar-refractivity contribution in [2.75, 3.05) is 36.7 Å². The molecule has 1 atom stereocenters.